The van der Waals surface area contributed by atoms with E-state index in [0.29, 0.717) is 50.1 Å². The van der Waals surface area contributed by atoms with Crippen LogP contribution in [-0.4, -0.2) is 63.0 Å². The molecule has 1 aromatic rings. The number of anilines is 1. The number of hydrogen-bond acceptors (Lipinski definition) is 6. The van der Waals surface area contributed by atoms with E-state index >= 15 is 0 Å². The van der Waals surface area contributed by atoms with Crippen molar-refractivity contribution in [3.8, 4) is 0 Å². The van der Waals surface area contributed by atoms with E-state index in [1.807, 2.05) is 13.1 Å². The molecule has 1 rings (SSSR count). The molecule has 0 saturated carbocycles. The van der Waals surface area contributed by atoms with Crippen molar-refractivity contribution in [2.45, 2.75) is 39.3 Å². The predicted molar refractivity (Wildman–Crippen MR) is 118 cm³/mol. The Morgan fingerprint density at radius 2 is 2.07 bits per heavy atom. The van der Waals surface area contributed by atoms with Crippen molar-refractivity contribution in [2.75, 3.05) is 45.2 Å². The zero-order valence-electron chi connectivity index (χ0n) is 18.0. The van der Waals surface area contributed by atoms with Gasteiger partial charge in [0.25, 0.3) is 0 Å². The predicted octanol–water partition coefficient (Wildman–Crippen LogP) is 2.40. The molecule has 7 heteroatoms. The lowest BCUT2D eigenvalue weighted by Crippen LogP contribution is -2.32. The Bertz CT molecular complexity index is 636. The molecule has 0 aliphatic heterocycles. The molecule has 162 valence electrons. The number of rotatable bonds is 16. The molecule has 1 atom stereocenters. The number of nitrogens with one attached hydrogen (secondary N) is 3. The lowest BCUT2D eigenvalue weighted by molar-refractivity contribution is -0.115. The lowest BCUT2D eigenvalue weighted by Gasteiger charge is -2.26. The Labute approximate surface area is 174 Å². The molecule has 0 aromatic heterocycles. The number of aldehydes is 1. The Morgan fingerprint density at radius 3 is 2.76 bits per heavy atom. The van der Waals surface area contributed by atoms with Gasteiger partial charge in [0.2, 0.25) is 5.91 Å². The summed E-state index contributed by atoms with van der Waals surface area (Å²) in [6.45, 7) is 11.1. The van der Waals surface area contributed by atoms with Gasteiger partial charge in [-0.2, -0.15) is 0 Å². The minimum absolute atomic E-state index is 0.146. The van der Waals surface area contributed by atoms with Gasteiger partial charge in [0, 0.05) is 42.5 Å². The van der Waals surface area contributed by atoms with Gasteiger partial charge in [-0.05, 0) is 32.7 Å². The summed E-state index contributed by atoms with van der Waals surface area (Å²) in [6, 6.07) is 5.81. The highest BCUT2D eigenvalue weighted by Crippen LogP contribution is 2.22. The van der Waals surface area contributed by atoms with Crippen LogP contribution in [0.15, 0.2) is 31.0 Å². The second kappa shape index (κ2) is 14.7. The summed E-state index contributed by atoms with van der Waals surface area (Å²) in [6.07, 6.45) is 4.66. The first kappa shape index (κ1) is 24.8. The van der Waals surface area contributed by atoms with Crippen molar-refractivity contribution in [1.29, 1.82) is 0 Å². The minimum Gasteiger partial charge on any atom is -0.389 e. The number of carbonyl (C=O) groups excluding carboxylic acids is 2. The van der Waals surface area contributed by atoms with Crippen molar-refractivity contribution < 1.29 is 14.3 Å². The van der Waals surface area contributed by atoms with Gasteiger partial charge >= 0.3 is 0 Å². The van der Waals surface area contributed by atoms with Gasteiger partial charge in [-0.3, -0.25) is 14.5 Å². The van der Waals surface area contributed by atoms with Crippen molar-refractivity contribution in [3.05, 3.63) is 42.1 Å². The third kappa shape index (κ3) is 9.69. The molecule has 0 spiro atoms. The van der Waals surface area contributed by atoms with Crippen LogP contribution in [0.2, 0.25) is 0 Å². The van der Waals surface area contributed by atoms with Gasteiger partial charge < -0.3 is 20.7 Å². The summed E-state index contributed by atoms with van der Waals surface area (Å²) < 4.78 is 5.42. The Hall–Kier alpha value is -2.22. The molecule has 3 N–H and O–H groups in total. The molecule has 0 saturated heterocycles. The van der Waals surface area contributed by atoms with Crippen LogP contribution in [0.1, 0.15) is 42.6 Å². The van der Waals surface area contributed by atoms with Gasteiger partial charge in [0.05, 0.1) is 19.8 Å². The normalized spacial score (nSPS) is 11.9. The average molecular weight is 405 g/mol. The molecule has 0 aliphatic rings. The Balaban J connectivity index is 2.56. The summed E-state index contributed by atoms with van der Waals surface area (Å²) in [4.78, 5) is 26.0. The highest BCUT2D eigenvalue weighted by Gasteiger charge is 2.15. The molecule has 0 heterocycles. The maximum atomic E-state index is 12.3. The lowest BCUT2D eigenvalue weighted by atomic mass is 10.0. The van der Waals surface area contributed by atoms with E-state index in [2.05, 4.69) is 41.3 Å². The summed E-state index contributed by atoms with van der Waals surface area (Å²) in [7, 11) is 2.04. The monoisotopic (exact) mass is 404 g/mol. The summed E-state index contributed by atoms with van der Waals surface area (Å²) >= 11 is 0. The highest BCUT2D eigenvalue weighted by atomic mass is 16.5. The first-order chi connectivity index (χ1) is 14.0. The first-order valence-electron chi connectivity index (χ1n) is 10.2. The largest absolute Gasteiger partial charge is 0.389 e. The van der Waals surface area contributed by atoms with Crippen LogP contribution in [0.25, 0.3) is 0 Å². The average Bonchev–Trinajstić information content (AvgIpc) is 2.71. The molecule has 0 fully saturated rings. The molecule has 1 amide bonds. The van der Waals surface area contributed by atoms with E-state index in [-0.39, 0.29) is 12.5 Å². The van der Waals surface area contributed by atoms with Crippen LogP contribution in [-0.2, 0) is 16.1 Å². The Morgan fingerprint density at radius 1 is 1.31 bits per heavy atom. The van der Waals surface area contributed by atoms with Gasteiger partial charge in [-0.25, -0.2) is 0 Å². The number of hydrogen-bond donors (Lipinski definition) is 3. The molecule has 0 radical (unpaired) electrons. The zero-order chi connectivity index (χ0) is 21.5. The van der Waals surface area contributed by atoms with E-state index in [1.165, 1.54) is 0 Å². The van der Waals surface area contributed by atoms with E-state index < -0.39 is 0 Å². The van der Waals surface area contributed by atoms with Crippen LogP contribution >= 0.6 is 0 Å². The molecular formula is C22H36N4O3. The molecule has 29 heavy (non-hydrogen) atoms. The summed E-state index contributed by atoms with van der Waals surface area (Å²) in [5.41, 5.74) is 2.14. The van der Waals surface area contributed by atoms with Crippen LogP contribution in [0.5, 0.6) is 0 Å². The molecular weight excluding hydrogens is 368 g/mol. The van der Waals surface area contributed by atoms with Crippen molar-refractivity contribution in [1.82, 2.24) is 15.5 Å². The SMILES string of the molecule is C=CNCCOCCNCC(=O)Nc1cccc(C=O)c1CN(C)C(C)CCC. The fraction of sp³-hybridized carbons (Fsp3) is 0.545. The van der Waals surface area contributed by atoms with E-state index in [1.54, 1.807) is 18.3 Å². The van der Waals surface area contributed by atoms with E-state index in [9.17, 15) is 9.59 Å². The third-order valence-corrected chi connectivity index (χ3v) is 4.72. The first-order valence-corrected chi connectivity index (χ1v) is 10.2. The number of benzene rings is 1. The van der Waals surface area contributed by atoms with Crippen LogP contribution in [0.4, 0.5) is 5.69 Å². The number of amides is 1. The smallest absolute Gasteiger partial charge is 0.238 e. The molecule has 0 bridgehead atoms. The van der Waals surface area contributed by atoms with Gasteiger partial charge in [-0.1, -0.05) is 32.1 Å². The topological polar surface area (TPSA) is 82.7 Å². The quantitative estimate of drug-likeness (QED) is 0.290. The standard InChI is InChI=1S/C22H36N4O3/c1-5-8-18(3)26(4)16-20-19(17-27)9-7-10-21(20)25-22(28)15-24-12-14-29-13-11-23-6-2/h6-7,9-10,17-18,23-24H,2,5,8,11-16H2,1,3-4H3,(H,25,28). The van der Waals surface area contributed by atoms with Gasteiger partial charge in [0.15, 0.2) is 0 Å². The van der Waals surface area contributed by atoms with E-state index in [0.717, 1.165) is 24.7 Å². The van der Waals surface area contributed by atoms with Crippen LogP contribution in [0, 0.1) is 0 Å². The van der Waals surface area contributed by atoms with Crippen LogP contribution in [0.3, 0.4) is 0 Å². The van der Waals surface area contributed by atoms with Crippen molar-refractivity contribution in [3.63, 3.8) is 0 Å². The molecule has 7 nitrogen and oxygen atoms in total. The molecule has 1 aromatic carbocycles. The molecule has 0 aliphatic carbocycles. The second-order valence-corrected chi connectivity index (χ2v) is 7.04. The molecule has 1 unspecified atom stereocenters. The fourth-order valence-corrected chi connectivity index (χ4v) is 2.93. The minimum atomic E-state index is -0.146. The Kier molecular flexibility index (Phi) is 12.6. The second-order valence-electron chi connectivity index (χ2n) is 7.04. The maximum Gasteiger partial charge on any atom is 0.238 e. The number of nitrogens with zero attached hydrogens (tertiary/aromatic N) is 1. The zero-order valence-corrected chi connectivity index (χ0v) is 18.0. The van der Waals surface area contributed by atoms with Crippen LogP contribution < -0.4 is 16.0 Å². The van der Waals surface area contributed by atoms with Gasteiger partial charge in [-0.15, -0.1) is 0 Å². The van der Waals surface area contributed by atoms with Crippen molar-refractivity contribution >= 4 is 17.9 Å². The van der Waals surface area contributed by atoms with E-state index in [4.69, 9.17) is 4.74 Å². The maximum absolute atomic E-state index is 12.3. The number of ether oxygens (including phenoxy) is 1. The number of carbonyl (C=O) groups is 2. The van der Waals surface area contributed by atoms with Crippen molar-refractivity contribution in [2.24, 2.45) is 0 Å². The summed E-state index contributed by atoms with van der Waals surface area (Å²) in [5, 5.41) is 8.95. The fourth-order valence-electron chi connectivity index (χ4n) is 2.93. The summed E-state index contributed by atoms with van der Waals surface area (Å²) in [5.74, 6) is -0.146. The highest BCUT2D eigenvalue weighted by molar-refractivity contribution is 5.94. The van der Waals surface area contributed by atoms with Gasteiger partial charge in [0.1, 0.15) is 6.29 Å². The third-order valence-electron chi connectivity index (χ3n) is 4.72.